The maximum atomic E-state index is 14.1. The molecule has 98 valence electrons. The van der Waals surface area contributed by atoms with Crippen molar-refractivity contribution in [2.45, 2.75) is 0 Å². The van der Waals surface area contributed by atoms with Crippen LogP contribution in [0.25, 0.3) is 5.69 Å². The van der Waals surface area contributed by atoms with Crippen molar-refractivity contribution in [1.29, 1.82) is 0 Å². The number of anilines is 1. The molecular formula is C12H9BrFN3O2. The van der Waals surface area contributed by atoms with Gasteiger partial charge in [0.05, 0.1) is 17.9 Å². The fraction of sp³-hybridized carbons (Fsp3) is 0.167. The van der Waals surface area contributed by atoms with Crippen LogP contribution in [-0.2, 0) is 4.74 Å². The molecule has 0 unspecified atom stereocenters. The molecule has 0 saturated carbocycles. The molecule has 3 rings (SSSR count). The summed E-state index contributed by atoms with van der Waals surface area (Å²) in [5.41, 5.74) is 0.859. The number of ether oxygens (including phenoxy) is 1. The summed E-state index contributed by atoms with van der Waals surface area (Å²) in [6.07, 6.45) is 2.71. The molecule has 1 aliphatic rings. The smallest absolute Gasteiger partial charge is 0.414 e. The first-order valence-corrected chi connectivity index (χ1v) is 6.38. The second kappa shape index (κ2) is 4.65. The van der Waals surface area contributed by atoms with Crippen molar-refractivity contribution in [3.63, 3.8) is 0 Å². The Labute approximate surface area is 116 Å². The fourth-order valence-electron chi connectivity index (χ4n) is 1.93. The second-order valence-electron chi connectivity index (χ2n) is 4.01. The Kier molecular flexibility index (Phi) is 2.98. The van der Waals surface area contributed by atoms with Crippen LogP contribution in [0.5, 0.6) is 0 Å². The SMILES string of the molecule is O=C1OCCN1c1ccc(-n2cnc(Br)c2)c(F)c1. The predicted octanol–water partition coefficient (Wildman–Crippen LogP) is 2.73. The third kappa shape index (κ3) is 2.21. The molecule has 0 bridgehead atoms. The summed E-state index contributed by atoms with van der Waals surface area (Å²) < 4.78 is 21.1. The van der Waals surface area contributed by atoms with Crippen LogP contribution in [0.3, 0.4) is 0 Å². The zero-order valence-electron chi connectivity index (χ0n) is 9.72. The zero-order chi connectivity index (χ0) is 13.4. The summed E-state index contributed by atoms with van der Waals surface area (Å²) in [6.45, 7) is 0.769. The van der Waals surface area contributed by atoms with Gasteiger partial charge >= 0.3 is 6.09 Å². The van der Waals surface area contributed by atoms with Gasteiger partial charge in [0.15, 0.2) is 0 Å². The highest BCUT2D eigenvalue weighted by Gasteiger charge is 2.24. The van der Waals surface area contributed by atoms with E-state index < -0.39 is 11.9 Å². The standard InChI is InChI=1S/C12H9BrFN3O2/c13-11-6-16(7-15-11)10-2-1-8(5-9(10)14)17-3-4-19-12(17)18/h1-2,5-7H,3-4H2. The molecule has 0 atom stereocenters. The molecule has 19 heavy (non-hydrogen) atoms. The molecule has 0 radical (unpaired) electrons. The van der Waals surface area contributed by atoms with Gasteiger partial charge in [0, 0.05) is 6.20 Å². The molecule has 0 aliphatic carbocycles. The molecule has 0 N–H and O–H groups in total. The van der Waals surface area contributed by atoms with Gasteiger partial charge in [-0.15, -0.1) is 0 Å². The summed E-state index contributed by atoms with van der Waals surface area (Å²) in [5, 5.41) is 0. The number of hydrogen-bond donors (Lipinski definition) is 0. The molecule has 2 heterocycles. The van der Waals surface area contributed by atoms with Gasteiger partial charge < -0.3 is 9.30 Å². The third-order valence-corrected chi connectivity index (χ3v) is 3.24. The highest BCUT2D eigenvalue weighted by molar-refractivity contribution is 9.10. The minimum absolute atomic E-state index is 0.330. The fourth-order valence-corrected chi connectivity index (χ4v) is 2.24. The van der Waals surface area contributed by atoms with E-state index in [4.69, 9.17) is 4.74 Å². The van der Waals surface area contributed by atoms with Crippen LogP contribution >= 0.6 is 15.9 Å². The minimum atomic E-state index is -0.447. The maximum Gasteiger partial charge on any atom is 0.414 e. The molecule has 1 amide bonds. The van der Waals surface area contributed by atoms with E-state index in [1.54, 1.807) is 22.9 Å². The number of halogens is 2. The van der Waals surface area contributed by atoms with Gasteiger partial charge in [-0.25, -0.2) is 14.2 Å². The van der Waals surface area contributed by atoms with Crippen molar-refractivity contribution in [3.8, 4) is 5.69 Å². The summed E-state index contributed by atoms with van der Waals surface area (Å²) in [4.78, 5) is 16.8. The van der Waals surface area contributed by atoms with Crippen LogP contribution in [-0.4, -0.2) is 28.8 Å². The van der Waals surface area contributed by atoms with Gasteiger partial charge in [0.1, 0.15) is 23.4 Å². The highest BCUT2D eigenvalue weighted by atomic mass is 79.9. The normalized spacial score (nSPS) is 14.8. The number of hydrogen-bond acceptors (Lipinski definition) is 3. The van der Waals surface area contributed by atoms with Gasteiger partial charge in [-0.3, -0.25) is 4.90 Å². The van der Waals surface area contributed by atoms with Crippen LogP contribution in [0.15, 0.2) is 35.3 Å². The first kappa shape index (κ1) is 12.2. The molecule has 1 aromatic heterocycles. The third-order valence-electron chi connectivity index (χ3n) is 2.83. The lowest BCUT2D eigenvalue weighted by Gasteiger charge is -2.14. The highest BCUT2D eigenvalue weighted by Crippen LogP contribution is 2.24. The van der Waals surface area contributed by atoms with Crippen molar-refractivity contribution in [1.82, 2.24) is 9.55 Å². The van der Waals surface area contributed by atoms with E-state index in [1.165, 1.54) is 17.3 Å². The molecule has 1 fully saturated rings. The minimum Gasteiger partial charge on any atom is -0.447 e. The number of rotatable bonds is 2. The van der Waals surface area contributed by atoms with Gasteiger partial charge in [-0.2, -0.15) is 0 Å². The summed E-state index contributed by atoms with van der Waals surface area (Å²) in [7, 11) is 0. The van der Waals surface area contributed by atoms with E-state index in [1.807, 2.05) is 0 Å². The molecule has 1 aliphatic heterocycles. The van der Waals surface area contributed by atoms with E-state index in [-0.39, 0.29) is 0 Å². The molecular weight excluding hydrogens is 317 g/mol. The van der Waals surface area contributed by atoms with E-state index in [0.29, 0.717) is 29.1 Å². The zero-order valence-corrected chi connectivity index (χ0v) is 11.3. The number of carbonyl (C=O) groups excluding carboxylic acids is 1. The van der Waals surface area contributed by atoms with Crippen molar-refractivity contribution in [2.24, 2.45) is 0 Å². The van der Waals surface area contributed by atoms with E-state index in [0.717, 1.165) is 0 Å². The van der Waals surface area contributed by atoms with E-state index >= 15 is 0 Å². The average molecular weight is 326 g/mol. The number of imidazole rings is 1. The van der Waals surface area contributed by atoms with Gasteiger partial charge in [0.2, 0.25) is 0 Å². The van der Waals surface area contributed by atoms with Crippen molar-refractivity contribution >= 4 is 27.7 Å². The summed E-state index contributed by atoms with van der Waals surface area (Å²) in [5.74, 6) is -0.429. The van der Waals surface area contributed by atoms with E-state index in [2.05, 4.69) is 20.9 Å². The number of aromatic nitrogens is 2. The number of benzene rings is 1. The van der Waals surface area contributed by atoms with E-state index in [9.17, 15) is 9.18 Å². The Morgan fingerprint density at radius 3 is 2.84 bits per heavy atom. The van der Waals surface area contributed by atoms with Crippen LogP contribution < -0.4 is 4.90 Å². The Balaban J connectivity index is 1.96. The van der Waals surface area contributed by atoms with Crippen LogP contribution in [0, 0.1) is 5.82 Å². The molecule has 0 spiro atoms. The predicted molar refractivity (Wildman–Crippen MR) is 69.9 cm³/mol. The molecule has 1 aromatic carbocycles. The van der Waals surface area contributed by atoms with Crippen LogP contribution in [0.1, 0.15) is 0 Å². The molecule has 5 nitrogen and oxygen atoms in total. The Bertz CT molecular complexity index is 644. The van der Waals surface area contributed by atoms with Crippen molar-refractivity contribution in [2.75, 3.05) is 18.1 Å². The topological polar surface area (TPSA) is 47.4 Å². The number of cyclic esters (lactones) is 1. The molecule has 1 saturated heterocycles. The van der Waals surface area contributed by atoms with Crippen molar-refractivity contribution < 1.29 is 13.9 Å². The number of amides is 1. The molecule has 2 aromatic rings. The van der Waals surface area contributed by atoms with Gasteiger partial charge in [-0.1, -0.05) is 0 Å². The van der Waals surface area contributed by atoms with Crippen LogP contribution in [0.2, 0.25) is 0 Å². The number of carbonyl (C=O) groups is 1. The summed E-state index contributed by atoms with van der Waals surface area (Å²) >= 11 is 3.21. The summed E-state index contributed by atoms with van der Waals surface area (Å²) in [6, 6.07) is 4.60. The Morgan fingerprint density at radius 2 is 2.26 bits per heavy atom. The largest absolute Gasteiger partial charge is 0.447 e. The first-order chi connectivity index (χ1) is 9.15. The van der Waals surface area contributed by atoms with Gasteiger partial charge in [0.25, 0.3) is 0 Å². The lowest BCUT2D eigenvalue weighted by molar-refractivity contribution is 0.181. The first-order valence-electron chi connectivity index (χ1n) is 5.59. The van der Waals surface area contributed by atoms with Crippen molar-refractivity contribution in [3.05, 3.63) is 41.1 Å². The maximum absolute atomic E-state index is 14.1. The lowest BCUT2D eigenvalue weighted by atomic mass is 10.2. The monoisotopic (exact) mass is 325 g/mol. The quantitative estimate of drug-likeness (QED) is 0.853. The Hall–Kier alpha value is -1.89. The van der Waals surface area contributed by atoms with Crippen LogP contribution in [0.4, 0.5) is 14.9 Å². The average Bonchev–Trinajstić information content (AvgIpc) is 2.98. The lowest BCUT2D eigenvalue weighted by Crippen LogP contribution is -2.23. The molecule has 7 heteroatoms. The second-order valence-corrected chi connectivity index (χ2v) is 4.82. The van der Waals surface area contributed by atoms with Gasteiger partial charge in [-0.05, 0) is 34.1 Å². The number of nitrogens with zero attached hydrogens (tertiary/aromatic N) is 3. The Morgan fingerprint density at radius 1 is 1.42 bits per heavy atom.